The first kappa shape index (κ1) is 13.2. The fourth-order valence-electron chi connectivity index (χ4n) is 1.52. The van der Waals surface area contributed by atoms with Crippen molar-refractivity contribution in [3.8, 4) is 5.69 Å². The summed E-state index contributed by atoms with van der Waals surface area (Å²) in [5, 5.41) is 14.7. The molecular weight excluding hydrogens is 242 g/mol. The predicted molar refractivity (Wildman–Crippen MR) is 73.3 cm³/mol. The highest BCUT2D eigenvalue weighted by atomic mass is 16.5. The fraction of sp³-hybridized carbons (Fsp3) is 0.308. The Hall–Kier alpha value is -2.21. The molecule has 0 spiro atoms. The number of nitrogens with zero attached hydrogens (tertiary/aromatic N) is 4. The molecule has 1 aromatic carbocycles. The van der Waals surface area contributed by atoms with Crippen LogP contribution in [0.5, 0.6) is 0 Å². The summed E-state index contributed by atoms with van der Waals surface area (Å²) >= 11 is 0. The average Bonchev–Trinajstić information content (AvgIpc) is 2.87. The molecule has 0 atom stereocenters. The monoisotopic (exact) mass is 259 g/mol. The van der Waals surface area contributed by atoms with E-state index in [0.29, 0.717) is 25.7 Å². The molecule has 6 nitrogen and oxygen atoms in total. The van der Waals surface area contributed by atoms with Gasteiger partial charge in [0.15, 0.2) is 0 Å². The fourth-order valence-corrected chi connectivity index (χ4v) is 1.52. The molecule has 0 unspecified atom stereocenters. The van der Waals surface area contributed by atoms with E-state index in [9.17, 15) is 0 Å². The van der Waals surface area contributed by atoms with Crippen LogP contribution in [-0.2, 0) is 4.74 Å². The number of tetrazole rings is 1. The molecule has 1 aromatic heterocycles. The van der Waals surface area contributed by atoms with Gasteiger partial charge in [-0.2, -0.15) is 4.68 Å². The maximum Gasteiger partial charge on any atom is 0.247 e. The zero-order valence-corrected chi connectivity index (χ0v) is 10.9. The zero-order valence-electron chi connectivity index (χ0n) is 10.9. The third kappa shape index (κ3) is 3.89. The Morgan fingerprint density at radius 2 is 2.16 bits per heavy atom. The Bertz CT molecular complexity index is 523. The number of anilines is 1. The van der Waals surface area contributed by atoms with Gasteiger partial charge in [0.25, 0.3) is 0 Å². The van der Waals surface area contributed by atoms with E-state index in [1.807, 2.05) is 37.3 Å². The first-order chi connectivity index (χ1) is 9.27. The van der Waals surface area contributed by atoms with Crippen LogP contribution < -0.4 is 5.32 Å². The normalized spacial score (nSPS) is 10.4. The highest BCUT2D eigenvalue weighted by Crippen LogP contribution is 2.09. The second kappa shape index (κ2) is 6.65. The van der Waals surface area contributed by atoms with Crippen LogP contribution in [0.15, 0.2) is 42.5 Å². The van der Waals surface area contributed by atoms with Crippen LogP contribution in [0.4, 0.5) is 5.95 Å². The lowest BCUT2D eigenvalue weighted by molar-refractivity contribution is 0.167. The minimum atomic E-state index is 0.575. The van der Waals surface area contributed by atoms with E-state index in [1.165, 1.54) is 0 Å². The van der Waals surface area contributed by atoms with E-state index in [-0.39, 0.29) is 0 Å². The lowest BCUT2D eigenvalue weighted by Crippen LogP contribution is -2.13. The maximum atomic E-state index is 5.40. The van der Waals surface area contributed by atoms with Gasteiger partial charge in [0.2, 0.25) is 5.95 Å². The number of ether oxygens (including phenoxy) is 1. The van der Waals surface area contributed by atoms with Gasteiger partial charge in [0.05, 0.1) is 18.9 Å². The number of hydrogen-bond donors (Lipinski definition) is 1. The molecule has 0 aliphatic heterocycles. The highest BCUT2D eigenvalue weighted by molar-refractivity contribution is 5.38. The summed E-state index contributed by atoms with van der Waals surface area (Å²) in [6.45, 7) is 7.50. The lowest BCUT2D eigenvalue weighted by atomic mass is 10.3. The molecule has 1 N–H and O–H groups in total. The molecule has 1 heterocycles. The quantitative estimate of drug-likeness (QED) is 0.605. The molecule has 0 fully saturated rings. The largest absolute Gasteiger partial charge is 0.375 e. The number of hydrogen-bond acceptors (Lipinski definition) is 5. The van der Waals surface area contributed by atoms with Crippen LogP contribution in [0.2, 0.25) is 0 Å². The second-order valence-corrected chi connectivity index (χ2v) is 4.19. The topological polar surface area (TPSA) is 64.9 Å². The Kier molecular flexibility index (Phi) is 4.63. The lowest BCUT2D eigenvalue weighted by Gasteiger charge is -2.07. The molecule has 0 bridgehead atoms. The molecule has 0 aliphatic carbocycles. The molecule has 2 aromatic rings. The van der Waals surface area contributed by atoms with Crippen molar-refractivity contribution in [2.75, 3.05) is 25.1 Å². The third-order valence-corrected chi connectivity index (χ3v) is 2.35. The molecule has 19 heavy (non-hydrogen) atoms. The van der Waals surface area contributed by atoms with Gasteiger partial charge in [-0.25, -0.2) is 0 Å². The standard InChI is InChI=1S/C13H17N5O/c1-11(2)10-19-9-8-14-13-15-16-17-18(13)12-6-4-3-5-7-12/h3-7H,1,8-10H2,2H3,(H,14,15,17). The van der Waals surface area contributed by atoms with E-state index in [0.717, 1.165) is 11.3 Å². The summed E-state index contributed by atoms with van der Waals surface area (Å²) < 4.78 is 7.05. The zero-order chi connectivity index (χ0) is 13.5. The highest BCUT2D eigenvalue weighted by Gasteiger charge is 2.06. The van der Waals surface area contributed by atoms with Crippen molar-refractivity contribution in [3.63, 3.8) is 0 Å². The molecule has 2 rings (SSSR count). The van der Waals surface area contributed by atoms with E-state index < -0.39 is 0 Å². The van der Waals surface area contributed by atoms with Gasteiger partial charge >= 0.3 is 0 Å². The van der Waals surface area contributed by atoms with Crippen LogP contribution >= 0.6 is 0 Å². The summed E-state index contributed by atoms with van der Waals surface area (Å²) in [4.78, 5) is 0. The summed E-state index contributed by atoms with van der Waals surface area (Å²) in [7, 11) is 0. The Morgan fingerprint density at radius 1 is 1.37 bits per heavy atom. The van der Waals surface area contributed by atoms with Crippen LogP contribution in [-0.4, -0.2) is 40.0 Å². The Morgan fingerprint density at radius 3 is 2.89 bits per heavy atom. The van der Waals surface area contributed by atoms with Crippen molar-refractivity contribution in [1.29, 1.82) is 0 Å². The molecule has 0 radical (unpaired) electrons. The molecule has 0 saturated carbocycles. The van der Waals surface area contributed by atoms with E-state index in [2.05, 4.69) is 27.4 Å². The van der Waals surface area contributed by atoms with Gasteiger partial charge in [0, 0.05) is 6.54 Å². The summed E-state index contributed by atoms with van der Waals surface area (Å²) in [6, 6.07) is 9.72. The van der Waals surface area contributed by atoms with Gasteiger partial charge < -0.3 is 10.1 Å². The van der Waals surface area contributed by atoms with Crippen molar-refractivity contribution >= 4 is 5.95 Å². The Balaban J connectivity index is 1.88. The van der Waals surface area contributed by atoms with Crippen molar-refractivity contribution in [2.24, 2.45) is 0 Å². The number of nitrogens with one attached hydrogen (secondary N) is 1. The molecule has 0 aliphatic rings. The van der Waals surface area contributed by atoms with Crippen LogP contribution in [0.1, 0.15) is 6.92 Å². The molecule has 100 valence electrons. The van der Waals surface area contributed by atoms with Gasteiger partial charge in [-0.1, -0.05) is 35.4 Å². The first-order valence-corrected chi connectivity index (χ1v) is 6.07. The summed E-state index contributed by atoms with van der Waals surface area (Å²) in [5.41, 5.74) is 1.92. The van der Waals surface area contributed by atoms with Crippen LogP contribution in [0.3, 0.4) is 0 Å². The van der Waals surface area contributed by atoms with E-state index in [1.54, 1.807) is 4.68 Å². The number of rotatable bonds is 7. The first-order valence-electron chi connectivity index (χ1n) is 6.07. The maximum absolute atomic E-state index is 5.40. The SMILES string of the molecule is C=C(C)COCCNc1nnnn1-c1ccccc1. The van der Waals surface area contributed by atoms with Crippen molar-refractivity contribution in [3.05, 3.63) is 42.5 Å². The summed E-state index contributed by atoms with van der Waals surface area (Å²) in [6.07, 6.45) is 0. The number of benzene rings is 1. The third-order valence-electron chi connectivity index (χ3n) is 2.35. The van der Waals surface area contributed by atoms with Gasteiger partial charge in [0.1, 0.15) is 0 Å². The van der Waals surface area contributed by atoms with Crippen LogP contribution in [0.25, 0.3) is 5.69 Å². The Labute approximate surface area is 112 Å². The van der Waals surface area contributed by atoms with Crippen molar-refractivity contribution in [1.82, 2.24) is 20.2 Å². The van der Waals surface area contributed by atoms with E-state index in [4.69, 9.17) is 4.74 Å². The minimum absolute atomic E-state index is 0.575. The smallest absolute Gasteiger partial charge is 0.247 e. The number of para-hydroxylation sites is 1. The molecular formula is C13H17N5O. The average molecular weight is 259 g/mol. The van der Waals surface area contributed by atoms with Gasteiger partial charge in [-0.05, 0) is 29.5 Å². The second-order valence-electron chi connectivity index (χ2n) is 4.19. The van der Waals surface area contributed by atoms with Crippen molar-refractivity contribution in [2.45, 2.75) is 6.92 Å². The summed E-state index contributed by atoms with van der Waals surface area (Å²) in [5.74, 6) is 0.602. The van der Waals surface area contributed by atoms with Crippen LogP contribution in [0, 0.1) is 0 Å². The van der Waals surface area contributed by atoms with Gasteiger partial charge in [-0.3, -0.25) is 0 Å². The minimum Gasteiger partial charge on any atom is -0.375 e. The molecule has 0 saturated heterocycles. The van der Waals surface area contributed by atoms with E-state index >= 15 is 0 Å². The van der Waals surface area contributed by atoms with Gasteiger partial charge in [-0.15, -0.1) is 0 Å². The molecule has 0 amide bonds. The molecule has 6 heteroatoms. The predicted octanol–water partition coefficient (Wildman–Crippen LogP) is 1.67. The van der Waals surface area contributed by atoms with Crippen molar-refractivity contribution < 1.29 is 4.74 Å². The number of aromatic nitrogens is 4.